The topological polar surface area (TPSA) is 116 Å². The predicted octanol–water partition coefficient (Wildman–Crippen LogP) is 1.51. The van der Waals surface area contributed by atoms with E-state index in [1.807, 2.05) is 12.1 Å². The lowest BCUT2D eigenvalue weighted by Gasteiger charge is -2.33. The zero-order valence-electron chi connectivity index (χ0n) is 15.5. The average Bonchev–Trinajstić information content (AvgIpc) is 3.23. The van der Waals surface area contributed by atoms with Crippen molar-refractivity contribution in [2.75, 3.05) is 26.2 Å². The second kappa shape index (κ2) is 8.08. The number of hydrogen-bond acceptors (Lipinski definition) is 8. The third kappa shape index (κ3) is 4.17. The minimum absolute atomic E-state index is 0.197. The van der Waals surface area contributed by atoms with Crippen LogP contribution < -0.4 is 0 Å². The summed E-state index contributed by atoms with van der Waals surface area (Å²) in [4.78, 5) is 10.7. The zero-order valence-corrected chi connectivity index (χ0v) is 16.3. The van der Waals surface area contributed by atoms with Gasteiger partial charge in [0.05, 0.1) is 23.1 Å². The Hall–Kier alpha value is -3.13. The first-order valence-corrected chi connectivity index (χ1v) is 10.5. The molecule has 29 heavy (non-hydrogen) atoms. The molecule has 0 saturated carbocycles. The Balaban J connectivity index is 1.37. The van der Waals surface area contributed by atoms with Crippen LogP contribution in [0.2, 0.25) is 0 Å². The maximum absolute atomic E-state index is 12.8. The first-order chi connectivity index (χ1) is 14.1. The summed E-state index contributed by atoms with van der Waals surface area (Å²) >= 11 is 0. The molecule has 4 rings (SSSR count). The fourth-order valence-electron chi connectivity index (χ4n) is 3.10. The molecule has 3 aromatic rings. The number of nitriles is 1. The number of nitrogens with zero attached hydrogens (tertiary/aromatic N) is 6. The van der Waals surface area contributed by atoms with Gasteiger partial charge in [-0.15, -0.1) is 0 Å². The standard InChI is InChI=1S/C19H18N6O3S/c20-12-15-3-5-17(6-4-15)29(26,27)25-10-8-24(9-11-25)14-18-22-19(23-28-18)16-2-1-7-21-13-16/h1-7,13H,8-11,14H2. The highest BCUT2D eigenvalue weighted by molar-refractivity contribution is 7.89. The summed E-state index contributed by atoms with van der Waals surface area (Å²) in [5.41, 5.74) is 1.21. The van der Waals surface area contributed by atoms with E-state index < -0.39 is 10.0 Å². The van der Waals surface area contributed by atoms with E-state index in [-0.39, 0.29) is 4.90 Å². The van der Waals surface area contributed by atoms with Gasteiger partial charge in [0.2, 0.25) is 21.7 Å². The Labute approximate surface area is 168 Å². The summed E-state index contributed by atoms with van der Waals surface area (Å²) in [7, 11) is -3.58. The highest BCUT2D eigenvalue weighted by Gasteiger charge is 2.29. The third-order valence-corrected chi connectivity index (χ3v) is 6.61. The summed E-state index contributed by atoms with van der Waals surface area (Å²) < 4.78 is 32.4. The van der Waals surface area contributed by atoms with Crippen molar-refractivity contribution in [3.8, 4) is 17.5 Å². The molecule has 9 nitrogen and oxygen atoms in total. The summed E-state index contributed by atoms with van der Waals surface area (Å²) in [6, 6.07) is 11.6. The van der Waals surface area contributed by atoms with Crippen molar-refractivity contribution in [3.63, 3.8) is 0 Å². The molecule has 0 spiro atoms. The predicted molar refractivity (Wildman–Crippen MR) is 103 cm³/mol. The molecule has 0 N–H and O–H groups in total. The van der Waals surface area contributed by atoms with E-state index in [9.17, 15) is 8.42 Å². The number of benzene rings is 1. The van der Waals surface area contributed by atoms with E-state index in [0.29, 0.717) is 50.0 Å². The van der Waals surface area contributed by atoms with Crippen LogP contribution >= 0.6 is 0 Å². The molecule has 148 valence electrons. The fourth-order valence-corrected chi connectivity index (χ4v) is 4.52. The van der Waals surface area contributed by atoms with Crippen LogP contribution in [-0.4, -0.2) is 58.9 Å². The average molecular weight is 410 g/mol. The van der Waals surface area contributed by atoms with Crippen molar-refractivity contribution in [2.45, 2.75) is 11.4 Å². The summed E-state index contributed by atoms with van der Waals surface area (Å²) in [6.45, 7) is 2.30. The molecule has 1 aliphatic heterocycles. The van der Waals surface area contributed by atoms with Crippen LogP contribution in [0.4, 0.5) is 0 Å². The summed E-state index contributed by atoms with van der Waals surface area (Å²) in [5, 5.41) is 12.8. The van der Waals surface area contributed by atoms with Crippen LogP contribution in [0.1, 0.15) is 11.5 Å². The van der Waals surface area contributed by atoms with E-state index in [0.717, 1.165) is 5.56 Å². The number of hydrogen-bond donors (Lipinski definition) is 0. The highest BCUT2D eigenvalue weighted by atomic mass is 32.2. The van der Waals surface area contributed by atoms with Gasteiger partial charge in [-0.05, 0) is 36.4 Å². The lowest BCUT2D eigenvalue weighted by Crippen LogP contribution is -2.48. The van der Waals surface area contributed by atoms with E-state index in [4.69, 9.17) is 9.78 Å². The molecule has 10 heteroatoms. The Bertz CT molecular complexity index is 1110. The molecule has 0 bridgehead atoms. The zero-order chi connectivity index (χ0) is 20.3. The van der Waals surface area contributed by atoms with Gasteiger partial charge in [-0.1, -0.05) is 5.16 Å². The quantitative estimate of drug-likeness (QED) is 0.621. The second-order valence-corrected chi connectivity index (χ2v) is 8.51. The number of piperazine rings is 1. The molecule has 1 fully saturated rings. The van der Waals surface area contributed by atoms with Crippen LogP contribution in [0.15, 0.2) is 58.2 Å². The first kappa shape index (κ1) is 19.2. The Morgan fingerprint density at radius 2 is 1.86 bits per heavy atom. The summed E-state index contributed by atoms with van der Waals surface area (Å²) in [6.07, 6.45) is 3.34. The van der Waals surface area contributed by atoms with Crippen molar-refractivity contribution in [1.82, 2.24) is 24.3 Å². The fraction of sp³-hybridized carbons (Fsp3) is 0.263. The largest absolute Gasteiger partial charge is 0.338 e. The molecule has 3 heterocycles. The van der Waals surface area contributed by atoms with Gasteiger partial charge in [0.15, 0.2) is 0 Å². The molecular formula is C19H18N6O3S. The van der Waals surface area contributed by atoms with Crippen LogP contribution in [0, 0.1) is 11.3 Å². The normalized spacial score (nSPS) is 15.8. The molecule has 1 aromatic carbocycles. The number of pyridine rings is 1. The number of rotatable bonds is 5. The van der Waals surface area contributed by atoms with E-state index in [2.05, 4.69) is 20.0 Å². The molecule has 0 aliphatic carbocycles. The minimum atomic E-state index is -3.58. The number of aromatic nitrogens is 3. The maximum atomic E-state index is 12.8. The molecule has 0 amide bonds. The van der Waals surface area contributed by atoms with E-state index in [1.165, 1.54) is 28.6 Å². The molecule has 0 radical (unpaired) electrons. The van der Waals surface area contributed by atoms with Crippen LogP contribution in [0.5, 0.6) is 0 Å². The van der Waals surface area contributed by atoms with Crippen LogP contribution in [0.3, 0.4) is 0 Å². The van der Waals surface area contributed by atoms with Gasteiger partial charge < -0.3 is 4.52 Å². The smallest absolute Gasteiger partial charge is 0.243 e. The SMILES string of the molecule is N#Cc1ccc(S(=O)(=O)N2CCN(Cc3nc(-c4cccnc4)no3)CC2)cc1. The Morgan fingerprint density at radius 1 is 1.10 bits per heavy atom. The number of sulfonamides is 1. The van der Waals surface area contributed by atoms with Gasteiger partial charge in [-0.25, -0.2) is 8.42 Å². The molecule has 1 saturated heterocycles. The van der Waals surface area contributed by atoms with Crippen molar-refractivity contribution < 1.29 is 12.9 Å². The molecule has 0 unspecified atom stereocenters. The molecular weight excluding hydrogens is 392 g/mol. The van der Waals surface area contributed by atoms with Gasteiger partial charge in [-0.3, -0.25) is 9.88 Å². The Morgan fingerprint density at radius 3 is 2.52 bits per heavy atom. The van der Waals surface area contributed by atoms with E-state index >= 15 is 0 Å². The lowest BCUT2D eigenvalue weighted by atomic mass is 10.2. The third-order valence-electron chi connectivity index (χ3n) is 4.70. The second-order valence-electron chi connectivity index (χ2n) is 6.57. The summed E-state index contributed by atoms with van der Waals surface area (Å²) in [5.74, 6) is 0.961. The minimum Gasteiger partial charge on any atom is -0.338 e. The molecule has 0 atom stereocenters. The van der Waals surface area contributed by atoms with Crippen LogP contribution in [-0.2, 0) is 16.6 Å². The van der Waals surface area contributed by atoms with Crippen molar-refractivity contribution >= 4 is 10.0 Å². The molecule has 2 aromatic heterocycles. The van der Waals surface area contributed by atoms with E-state index in [1.54, 1.807) is 18.5 Å². The van der Waals surface area contributed by atoms with Crippen LogP contribution in [0.25, 0.3) is 11.4 Å². The molecule has 1 aliphatic rings. The lowest BCUT2D eigenvalue weighted by molar-refractivity contribution is 0.163. The van der Waals surface area contributed by atoms with Gasteiger partial charge in [0.1, 0.15) is 0 Å². The monoisotopic (exact) mass is 410 g/mol. The van der Waals surface area contributed by atoms with Crippen molar-refractivity contribution in [1.29, 1.82) is 5.26 Å². The van der Waals surface area contributed by atoms with Gasteiger partial charge in [-0.2, -0.15) is 14.6 Å². The highest BCUT2D eigenvalue weighted by Crippen LogP contribution is 2.19. The van der Waals surface area contributed by atoms with Crippen molar-refractivity contribution in [2.24, 2.45) is 0 Å². The Kier molecular flexibility index (Phi) is 5.35. The van der Waals surface area contributed by atoms with Gasteiger partial charge in [0, 0.05) is 44.1 Å². The van der Waals surface area contributed by atoms with Gasteiger partial charge >= 0.3 is 0 Å². The maximum Gasteiger partial charge on any atom is 0.243 e. The van der Waals surface area contributed by atoms with Crippen molar-refractivity contribution in [3.05, 3.63) is 60.2 Å². The first-order valence-electron chi connectivity index (χ1n) is 9.02. The van der Waals surface area contributed by atoms with Gasteiger partial charge in [0.25, 0.3) is 0 Å².